The van der Waals surface area contributed by atoms with Gasteiger partial charge < -0.3 is 9.47 Å². The Balaban J connectivity index is 1.98. The summed E-state index contributed by atoms with van der Waals surface area (Å²) in [4.78, 5) is 11.4. The van der Waals surface area contributed by atoms with Gasteiger partial charge in [-0.1, -0.05) is 25.0 Å². The highest BCUT2D eigenvalue weighted by Gasteiger charge is 2.18. The Morgan fingerprint density at radius 2 is 1.58 bits per heavy atom. The van der Waals surface area contributed by atoms with Crippen molar-refractivity contribution in [1.29, 1.82) is 0 Å². The van der Waals surface area contributed by atoms with Crippen LogP contribution in [0.25, 0.3) is 0 Å². The Morgan fingerprint density at radius 1 is 0.917 bits per heavy atom. The highest BCUT2D eigenvalue weighted by atomic mass is 32.2. The lowest BCUT2D eigenvalue weighted by molar-refractivity contribution is -0.140. The van der Waals surface area contributed by atoms with Crippen LogP contribution in [0.4, 0.5) is 5.69 Å². The number of hydrogen-bond acceptors (Lipinski definition) is 7. The van der Waals surface area contributed by atoms with Gasteiger partial charge in [-0.15, -0.1) is 0 Å². The average Bonchev–Trinajstić information content (AvgIpc) is 2.81. The molecule has 1 N–H and O–H groups in total. The smallest absolute Gasteiger partial charge is 0.305 e. The first-order valence-electron chi connectivity index (χ1n) is 12.0. The zero-order chi connectivity index (χ0) is 26.8. The number of hydrogen-bond donors (Lipinski definition) is 1. The molecule has 0 saturated heterocycles. The first kappa shape index (κ1) is 29.6. The fourth-order valence-corrected chi connectivity index (χ4v) is 5.71. The number of ether oxygens (including phenoxy) is 2. The molecule has 36 heavy (non-hydrogen) atoms. The number of nitrogens with one attached hydrogen (secondary N) is 1. The molecule has 0 fully saturated rings. The van der Waals surface area contributed by atoms with Gasteiger partial charge in [0.25, 0.3) is 10.0 Å². The summed E-state index contributed by atoms with van der Waals surface area (Å²) >= 11 is 0. The zero-order valence-corrected chi connectivity index (χ0v) is 23.1. The molecule has 0 bridgehead atoms. The van der Waals surface area contributed by atoms with E-state index in [1.165, 1.54) is 13.4 Å². The third-order valence-corrected chi connectivity index (χ3v) is 8.08. The van der Waals surface area contributed by atoms with Crippen molar-refractivity contribution in [3.63, 3.8) is 0 Å². The summed E-state index contributed by atoms with van der Waals surface area (Å²) in [6.07, 6.45) is 6.31. The molecule has 8 nitrogen and oxygen atoms in total. The molecule has 0 spiro atoms. The average molecular weight is 540 g/mol. The summed E-state index contributed by atoms with van der Waals surface area (Å²) < 4.78 is 61.7. The van der Waals surface area contributed by atoms with E-state index in [2.05, 4.69) is 9.46 Å². The highest BCUT2D eigenvalue weighted by molar-refractivity contribution is 7.92. The van der Waals surface area contributed by atoms with E-state index in [9.17, 15) is 21.6 Å². The molecule has 0 saturated carbocycles. The Kier molecular flexibility index (Phi) is 11.2. The van der Waals surface area contributed by atoms with Gasteiger partial charge in [-0.2, -0.15) is 0 Å². The number of rotatable bonds is 15. The number of sulfone groups is 1. The van der Waals surface area contributed by atoms with Crippen molar-refractivity contribution in [3.05, 3.63) is 53.1 Å². The second-order valence-corrected chi connectivity index (χ2v) is 12.9. The molecule has 10 heteroatoms. The van der Waals surface area contributed by atoms with Gasteiger partial charge in [0.2, 0.25) is 0 Å². The monoisotopic (exact) mass is 539 g/mol. The maximum atomic E-state index is 13.1. The van der Waals surface area contributed by atoms with Gasteiger partial charge in [-0.25, -0.2) is 16.8 Å². The predicted octanol–water partition coefficient (Wildman–Crippen LogP) is 4.58. The number of benzene rings is 2. The summed E-state index contributed by atoms with van der Waals surface area (Å²) in [5.41, 5.74) is 2.85. The molecule has 0 radical (unpaired) electrons. The fraction of sp³-hybridized carbons (Fsp3) is 0.500. The summed E-state index contributed by atoms with van der Waals surface area (Å²) in [7, 11) is -5.44. The number of sulfonamides is 1. The van der Waals surface area contributed by atoms with E-state index in [4.69, 9.17) is 4.74 Å². The Bertz CT molecular complexity index is 1220. The minimum Gasteiger partial charge on any atom is -0.494 e. The largest absolute Gasteiger partial charge is 0.494 e. The van der Waals surface area contributed by atoms with Gasteiger partial charge in [0, 0.05) is 12.7 Å². The molecule has 0 aromatic heterocycles. The van der Waals surface area contributed by atoms with Crippen LogP contribution in [0.1, 0.15) is 55.2 Å². The predicted molar refractivity (Wildman–Crippen MR) is 142 cm³/mol. The summed E-state index contributed by atoms with van der Waals surface area (Å²) in [6.45, 7) is 3.85. The zero-order valence-electron chi connectivity index (χ0n) is 21.5. The molecular weight excluding hydrogens is 502 g/mol. The second-order valence-electron chi connectivity index (χ2n) is 9.01. The van der Waals surface area contributed by atoms with Gasteiger partial charge in [0.05, 0.1) is 30.1 Å². The summed E-state index contributed by atoms with van der Waals surface area (Å²) in [6, 6.07) is 10.4. The van der Waals surface area contributed by atoms with E-state index in [1.807, 2.05) is 6.07 Å². The highest BCUT2D eigenvalue weighted by Crippen LogP contribution is 2.29. The number of aryl methyl sites for hydroxylation is 3. The first-order chi connectivity index (χ1) is 16.9. The van der Waals surface area contributed by atoms with E-state index in [0.717, 1.165) is 37.7 Å². The van der Waals surface area contributed by atoms with Crippen molar-refractivity contribution >= 4 is 31.5 Å². The Morgan fingerprint density at radius 3 is 2.22 bits per heavy atom. The van der Waals surface area contributed by atoms with Crippen molar-refractivity contribution in [2.75, 3.05) is 30.4 Å². The minimum atomic E-state index is -3.79. The molecular formula is C26H37NO7S2. The third-order valence-electron chi connectivity index (χ3n) is 5.70. The van der Waals surface area contributed by atoms with Crippen molar-refractivity contribution in [2.45, 2.75) is 63.7 Å². The number of esters is 1. The molecule has 2 aromatic rings. The van der Waals surface area contributed by atoms with Gasteiger partial charge >= 0.3 is 5.97 Å². The quantitative estimate of drug-likeness (QED) is 0.260. The molecule has 2 rings (SSSR count). The van der Waals surface area contributed by atoms with Crippen molar-refractivity contribution in [1.82, 2.24) is 0 Å². The van der Waals surface area contributed by atoms with E-state index < -0.39 is 19.9 Å². The first-order valence-corrected chi connectivity index (χ1v) is 15.6. The number of anilines is 1. The van der Waals surface area contributed by atoms with Crippen LogP contribution in [0, 0.1) is 13.8 Å². The fourth-order valence-electron chi connectivity index (χ4n) is 3.79. The molecule has 200 valence electrons. The van der Waals surface area contributed by atoms with Crippen LogP contribution in [-0.4, -0.2) is 48.5 Å². The normalized spacial score (nSPS) is 11.8. The molecule has 0 heterocycles. The number of carbonyl (C=O) groups excluding carboxylic acids is 1. The lowest BCUT2D eigenvalue weighted by atomic mass is 10.1. The second kappa shape index (κ2) is 13.6. The molecule has 0 aliphatic rings. The van der Waals surface area contributed by atoms with Crippen LogP contribution >= 0.6 is 0 Å². The maximum Gasteiger partial charge on any atom is 0.305 e. The molecule has 2 aromatic carbocycles. The summed E-state index contributed by atoms with van der Waals surface area (Å²) in [5.74, 6) is 0.421. The molecule has 0 aliphatic heterocycles. The lowest BCUT2D eigenvalue weighted by Gasteiger charge is -2.16. The van der Waals surface area contributed by atoms with Crippen molar-refractivity contribution in [3.8, 4) is 5.75 Å². The van der Waals surface area contributed by atoms with Gasteiger partial charge in [-0.05, 0) is 80.5 Å². The topological polar surface area (TPSA) is 116 Å². The number of unbranched alkanes of at least 4 members (excludes halogenated alkanes) is 3. The van der Waals surface area contributed by atoms with Gasteiger partial charge in [0.15, 0.2) is 0 Å². The van der Waals surface area contributed by atoms with Gasteiger partial charge in [-0.3, -0.25) is 9.52 Å². The number of methoxy groups -OCH3 is 1. The molecule has 0 unspecified atom stereocenters. The third kappa shape index (κ3) is 10.2. The Labute approximate surface area is 215 Å². The van der Waals surface area contributed by atoms with Gasteiger partial charge in [0.1, 0.15) is 15.6 Å². The van der Waals surface area contributed by atoms with Crippen LogP contribution in [-0.2, 0) is 35.8 Å². The van der Waals surface area contributed by atoms with E-state index in [1.54, 1.807) is 44.2 Å². The van der Waals surface area contributed by atoms with Crippen LogP contribution in [0.3, 0.4) is 0 Å². The SMILES string of the molecule is COC(=O)CCCCCCc1cccc(S(=O)(=O)Nc2c(C)cc(OCCCS(C)(=O)=O)cc2C)c1. The van der Waals surface area contributed by atoms with E-state index >= 15 is 0 Å². The maximum absolute atomic E-state index is 13.1. The molecule has 0 amide bonds. The summed E-state index contributed by atoms with van der Waals surface area (Å²) in [5, 5.41) is 0. The van der Waals surface area contributed by atoms with Crippen LogP contribution in [0.5, 0.6) is 5.75 Å². The molecule has 0 atom stereocenters. The number of carbonyl (C=O) groups is 1. The minimum absolute atomic E-state index is 0.0529. The van der Waals surface area contributed by atoms with E-state index in [0.29, 0.717) is 35.4 Å². The standard InChI is InChI=1S/C26H37NO7S2/c1-20-17-23(34-15-10-16-35(4,29)30)18-21(2)26(20)27-36(31,32)24-13-9-12-22(19-24)11-7-5-6-8-14-25(28)33-3/h9,12-13,17-19,27H,5-8,10-11,14-16H2,1-4H3. The molecule has 0 aliphatic carbocycles. The van der Waals surface area contributed by atoms with Crippen LogP contribution in [0.15, 0.2) is 41.3 Å². The van der Waals surface area contributed by atoms with Crippen LogP contribution in [0.2, 0.25) is 0 Å². The van der Waals surface area contributed by atoms with Crippen molar-refractivity contribution < 1.29 is 31.1 Å². The van der Waals surface area contributed by atoms with Crippen LogP contribution < -0.4 is 9.46 Å². The Hall–Kier alpha value is -2.59. The lowest BCUT2D eigenvalue weighted by Crippen LogP contribution is -2.15. The van der Waals surface area contributed by atoms with Crippen molar-refractivity contribution in [2.24, 2.45) is 0 Å². The van der Waals surface area contributed by atoms with E-state index in [-0.39, 0.29) is 23.2 Å².